The number of nitrogens with zero attached hydrogens (tertiary/aromatic N) is 1. The normalized spacial score (nSPS) is 20.1. The van der Waals surface area contributed by atoms with Crippen molar-refractivity contribution in [3.05, 3.63) is 16.6 Å². The van der Waals surface area contributed by atoms with E-state index in [1.807, 2.05) is 11.6 Å². The van der Waals surface area contributed by atoms with Crippen LogP contribution in [0, 0.1) is 5.92 Å². The first-order valence-electron chi connectivity index (χ1n) is 3.88. The van der Waals surface area contributed by atoms with Gasteiger partial charge in [-0.1, -0.05) is 15.9 Å². The molecule has 1 aliphatic rings. The number of thiazole rings is 1. The molecule has 1 unspecified atom stereocenters. The van der Waals surface area contributed by atoms with Gasteiger partial charge in [0.05, 0.1) is 5.01 Å². The van der Waals surface area contributed by atoms with Crippen molar-refractivity contribution in [2.24, 2.45) is 5.92 Å². The van der Waals surface area contributed by atoms with Crippen LogP contribution in [0.25, 0.3) is 0 Å². The van der Waals surface area contributed by atoms with Crippen LogP contribution < -0.4 is 0 Å². The first-order chi connectivity index (χ1) is 5.36. The van der Waals surface area contributed by atoms with Crippen LogP contribution in [0.4, 0.5) is 0 Å². The minimum Gasteiger partial charge on any atom is -0.250 e. The Morgan fingerprint density at radius 3 is 3.09 bits per heavy atom. The van der Waals surface area contributed by atoms with Gasteiger partial charge in [0.1, 0.15) is 0 Å². The molecule has 0 N–H and O–H groups in total. The molecule has 1 atom stereocenters. The van der Waals surface area contributed by atoms with Crippen LogP contribution in [0.3, 0.4) is 0 Å². The maximum absolute atomic E-state index is 4.25. The van der Waals surface area contributed by atoms with Crippen molar-refractivity contribution < 1.29 is 0 Å². The molecular weight excluding hydrogens is 222 g/mol. The smallest absolute Gasteiger partial charge is 0.0936 e. The van der Waals surface area contributed by atoms with E-state index in [0.29, 0.717) is 4.83 Å². The van der Waals surface area contributed by atoms with E-state index in [-0.39, 0.29) is 0 Å². The molecule has 0 bridgehead atoms. The van der Waals surface area contributed by atoms with E-state index in [9.17, 15) is 0 Å². The molecule has 2 rings (SSSR count). The zero-order valence-corrected chi connectivity index (χ0v) is 8.57. The largest absolute Gasteiger partial charge is 0.250 e. The second-order valence-corrected chi connectivity index (χ2v) is 5.14. The van der Waals surface area contributed by atoms with Crippen LogP contribution in [0.5, 0.6) is 0 Å². The molecule has 11 heavy (non-hydrogen) atoms. The zero-order chi connectivity index (χ0) is 7.68. The summed E-state index contributed by atoms with van der Waals surface area (Å²) >= 11 is 5.45. The summed E-state index contributed by atoms with van der Waals surface area (Å²) < 4.78 is 0. The molecule has 1 nitrogen and oxygen atoms in total. The highest BCUT2D eigenvalue weighted by atomic mass is 79.9. The standard InChI is InChI=1S/C8H10BrNS/c9-7(6-1-2-6)5-8-10-3-4-11-8/h3-4,6-7H,1-2,5H2. The lowest BCUT2D eigenvalue weighted by Crippen LogP contribution is -2.04. The van der Waals surface area contributed by atoms with Gasteiger partial charge in [-0.2, -0.15) is 0 Å². The summed E-state index contributed by atoms with van der Waals surface area (Å²) in [5.74, 6) is 0.930. The van der Waals surface area contributed by atoms with Crippen LogP contribution in [0.15, 0.2) is 11.6 Å². The number of hydrogen-bond acceptors (Lipinski definition) is 2. The minimum absolute atomic E-state index is 0.675. The van der Waals surface area contributed by atoms with E-state index < -0.39 is 0 Å². The summed E-state index contributed by atoms with van der Waals surface area (Å²) in [5.41, 5.74) is 0. The van der Waals surface area contributed by atoms with Gasteiger partial charge in [0.25, 0.3) is 0 Å². The molecule has 60 valence electrons. The molecule has 0 aromatic carbocycles. The molecule has 1 heterocycles. The summed E-state index contributed by atoms with van der Waals surface area (Å²) in [4.78, 5) is 4.93. The average molecular weight is 232 g/mol. The number of aromatic nitrogens is 1. The molecule has 1 saturated carbocycles. The molecule has 1 aromatic heterocycles. The van der Waals surface area contributed by atoms with E-state index in [0.717, 1.165) is 12.3 Å². The highest BCUT2D eigenvalue weighted by Crippen LogP contribution is 2.38. The first kappa shape index (κ1) is 7.74. The fourth-order valence-electron chi connectivity index (χ4n) is 1.15. The third-order valence-electron chi connectivity index (χ3n) is 1.99. The van der Waals surface area contributed by atoms with Crippen LogP contribution >= 0.6 is 27.3 Å². The Kier molecular flexibility index (Phi) is 2.28. The molecule has 0 spiro atoms. The summed E-state index contributed by atoms with van der Waals surface area (Å²) in [5, 5.41) is 3.31. The second-order valence-electron chi connectivity index (χ2n) is 2.98. The predicted molar refractivity (Wildman–Crippen MR) is 51.3 cm³/mol. The van der Waals surface area contributed by atoms with E-state index >= 15 is 0 Å². The van der Waals surface area contributed by atoms with Crippen molar-refractivity contribution in [3.8, 4) is 0 Å². The van der Waals surface area contributed by atoms with E-state index in [1.54, 1.807) is 11.3 Å². The Morgan fingerprint density at radius 2 is 2.55 bits per heavy atom. The summed E-state index contributed by atoms with van der Waals surface area (Å²) in [7, 11) is 0. The van der Waals surface area contributed by atoms with Gasteiger partial charge >= 0.3 is 0 Å². The predicted octanol–water partition coefficient (Wildman–Crippen LogP) is 2.86. The van der Waals surface area contributed by atoms with Crippen molar-refractivity contribution >= 4 is 27.3 Å². The minimum atomic E-state index is 0.675. The molecule has 0 aliphatic heterocycles. The molecule has 0 amide bonds. The van der Waals surface area contributed by atoms with Gasteiger partial charge in [-0.25, -0.2) is 4.98 Å². The van der Waals surface area contributed by atoms with Crippen molar-refractivity contribution in [1.29, 1.82) is 0 Å². The third kappa shape index (κ3) is 2.03. The highest BCUT2D eigenvalue weighted by Gasteiger charge is 2.29. The van der Waals surface area contributed by atoms with Crippen molar-refractivity contribution in [2.75, 3.05) is 0 Å². The number of hydrogen-bond donors (Lipinski definition) is 0. The Hall–Kier alpha value is 0.110. The van der Waals surface area contributed by atoms with Crippen molar-refractivity contribution in [1.82, 2.24) is 4.98 Å². The maximum Gasteiger partial charge on any atom is 0.0936 e. The molecule has 0 saturated heterocycles. The highest BCUT2D eigenvalue weighted by molar-refractivity contribution is 9.09. The van der Waals surface area contributed by atoms with Gasteiger partial charge < -0.3 is 0 Å². The van der Waals surface area contributed by atoms with Crippen LogP contribution in [-0.4, -0.2) is 9.81 Å². The van der Waals surface area contributed by atoms with Gasteiger partial charge in [-0.3, -0.25) is 0 Å². The first-order valence-corrected chi connectivity index (χ1v) is 5.68. The summed E-state index contributed by atoms with van der Waals surface area (Å²) in [6.45, 7) is 0. The molecule has 1 aliphatic carbocycles. The van der Waals surface area contributed by atoms with Crippen molar-refractivity contribution in [2.45, 2.75) is 24.1 Å². The summed E-state index contributed by atoms with van der Waals surface area (Å²) in [6.07, 6.45) is 5.80. The van der Waals surface area contributed by atoms with Gasteiger partial charge in [0.15, 0.2) is 0 Å². The molecule has 0 radical (unpaired) electrons. The fraction of sp³-hybridized carbons (Fsp3) is 0.625. The lowest BCUT2D eigenvalue weighted by atomic mass is 10.2. The lowest BCUT2D eigenvalue weighted by Gasteiger charge is -2.03. The molecule has 1 fully saturated rings. The Bertz CT molecular complexity index is 218. The number of rotatable bonds is 3. The van der Waals surface area contributed by atoms with Gasteiger partial charge in [-0.15, -0.1) is 11.3 Å². The van der Waals surface area contributed by atoms with Gasteiger partial charge in [0.2, 0.25) is 0 Å². The monoisotopic (exact) mass is 231 g/mol. The van der Waals surface area contributed by atoms with Crippen LogP contribution in [0.2, 0.25) is 0 Å². The SMILES string of the molecule is BrC(Cc1nccs1)C1CC1. The van der Waals surface area contributed by atoms with Crippen molar-refractivity contribution in [3.63, 3.8) is 0 Å². The Labute approximate surface area is 79.0 Å². The number of alkyl halides is 1. The van der Waals surface area contributed by atoms with E-state index in [1.165, 1.54) is 17.8 Å². The van der Waals surface area contributed by atoms with E-state index in [4.69, 9.17) is 0 Å². The zero-order valence-electron chi connectivity index (χ0n) is 6.16. The topological polar surface area (TPSA) is 12.9 Å². The molecule has 3 heteroatoms. The maximum atomic E-state index is 4.25. The molecular formula is C8H10BrNS. The summed E-state index contributed by atoms with van der Waals surface area (Å²) in [6, 6.07) is 0. The quantitative estimate of drug-likeness (QED) is 0.730. The Balaban J connectivity index is 1.89. The fourth-order valence-corrected chi connectivity index (χ4v) is 2.87. The molecule has 1 aromatic rings. The second kappa shape index (κ2) is 3.23. The van der Waals surface area contributed by atoms with Gasteiger partial charge in [0, 0.05) is 22.8 Å². The third-order valence-corrected chi connectivity index (χ3v) is 3.86. The van der Waals surface area contributed by atoms with E-state index in [2.05, 4.69) is 20.9 Å². The Morgan fingerprint density at radius 1 is 1.73 bits per heavy atom. The van der Waals surface area contributed by atoms with Crippen LogP contribution in [-0.2, 0) is 6.42 Å². The number of halogens is 1. The lowest BCUT2D eigenvalue weighted by molar-refractivity contribution is 0.757. The van der Waals surface area contributed by atoms with Crippen LogP contribution in [0.1, 0.15) is 17.8 Å². The average Bonchev–Trinajstić information content (AvgIpc) is 2.73. The van der Waals surface area contributed by atoms with Gasteiger partial charge in [-0.05, 0) is 18.8 Å².